The van der Waals surface area contributed by atoms with Crippen LogP contribution in [-0.4, -0.2) is 53.3 Å². The monoisotopic (exact) mass is 646 g/mol. The van der Waals surface area contributed by atoms with Crippen LogP contribution in [0.25, 0.3) is 0 Å². The highest BCUT2D eigenvalue weighted by Gasteiger charge is 2.36. The third-order valence-corrected chi connectivity index (χ3v) is 8.44. The van der Waals surface area contributed by atoms with E-state index < -0.39 is 32.5 Å². The van der Waals surface area contributed by atoms with Crippen LogP contribution >= 0.6 is 7.82 Å². The molecule has 258 valence electrons. The summed E-state index contributed by atoms with van der Waals surface area (Å²) in [6.07, 6.45) is 28.1. The van der Waals surface area contributed by atoms with Gasteiger partial charge in [0.05, 0.1) is 18.8 Å². The van der Waals surface area contributed by atoms with Crippen molar-refractivity contribution in [1.29, 1.82) is 0 Å². The van der Waals surface area contributed by atoms with Crippen molar-refractivity contribution in [3.8, 4) is 0 Å². The van der Waals surface area contributed by atoms with Crippen molar-refractivity contribution in [1.82, 2.24) is 0 Å². The van der Waals surface area contributed by atoms with Gasteiger partial charge in [0.15, 0.2) is 6.10 Å². The Balaban J connectivity index is 2.12. The maximum absolute atomic E-state index is 12.3. The van der Waals surface area contributed by atoms with Gasteiger partial charge >= 0.3 is 19.8 Å². The van der Waals surface area contributed by atoms with Gasteiger partial charge in [-0.25, -0.2) is 4.57 Å². The molecule has 1 fully saturated rings. The van der Waals surface area contributed by atoms with Gasteiger partial charge in [-0.05, 0) is 38.5 Å². The number of hydrogen-bond acceptors (Lipinski definition) is 7. The van der Waals surface area contributed by atoms with E-state index in [2.05, 4.69) is 30.5 Å². The maximum Gasteiger partial charge on any atom is 0.469 e. The number of phosphoric ester groups is 1. The summed E-state index contributed by atoms with van der Waals surface area (Å²) in [5.41, 5.74) is 0. The number of epoxide rings is 1. The number of carbonyl (C=O) groups excluding carboxylic acids is 2. The van der Waals surface area contributed by atoms with E-state index in [-0.39, 0.29) is 19.4 Å². The molecule has 1 saturated heterocycles. The lowest BCUT2D eigenvalue weighted by molar-refractivity contribution is -0.161. The lowest BCUT2D eigenvalue weighted by Gasteiger charge is -2.18. The van der Waals surface area contributed by atoms with Gasteiger partial charge in [-0.1, -0.05) is 122 Å². The quantitative estimate of drug-likeness (QED) is 0.0249. The summed E-state index contributed by atoms with van der Waals surface area (Å²) < 4.78 is 32.0. The Hall–Kier alpha value is -1.25. The van der Waals surface area contributed by atoms with Crippen LogP contribution in [0.2, 0.25) is 0 Å². The van der Waals surface area contributed by atoms with Crippen LogP contribution in [0, 0.1) is 0 Å². The average Bonchev–Trinajstić information content (AvgIpc) is 3.74. The SMILES string of the molecule is CCCCC/C=C\CC1OC1CCCCCCCC(=O)O[C@H](COC(=O)CCCCCCCCCCCC)COP(=O)(O)O. The van der Waals surface area contributed by atoms with E-state index in [1.54, 1.807) is 0 Å². The van der Waals surface area contributed by atoms with Crippen molar-refractivity contribution in [2.45, 2.75) is 180 Å². The normalized spacial score (nSPS) is 17.2. The molecule has 1 rings (SSSR count). The summed E-state index contributed by atoms with van der Waals surface area (Å²) in [6, 6.07) is 0. The fourth-order valence-corrected chi connectivity index (χ4v) is 5.56. The van der Waals surface area contributed by atoms with E-state index in [0.29, 0.717) is 18.6 Å². The summed E-state index contributed by atoms with van der Waals surface area (Å²) in [5, 5.41) is 0. The van der Waals surface area contributed by atoms with Crippen LogP contribution in [0.3, 0.4) is 0 Å². The minimum absolute atomic E-state index is 0.192. The largest absolute Gasteiger partial charge is 0.469 e. The number of hydrogen-bond donors (Lipinski definition) is 2. The molecule has 0 radical (unpaired) electrons. The first-order chi connectivity index (χ1) is 21.2. The molecule has 0 saturated carbocycles. The van der Waals surface area contributed by atoms with Crippen LogP contribution in [-0.2, 0) is 32.9 Å². The minimum atomic E-state index is -4.75. The van der Waals surface area contributed by atoms with Gasteiger partial charge in [-0.3, -0.25) is 14.1 Å². The Labute approximate surface area is 267 Å². The fraction of sp³-hybridized carbons (Fsp3) is 0.882. The van der Waals surface area contributed by atoms with Gasteiger partial charge in [-0.2, -0.15) is 0 Å². The molecule has 1 heterocycles. The summed E-state index contributed by atoms with van der Waals surface area (Å²) in [6.45, 7) is 3.60. The zero-order valence-corrected chi connectivity index (χ0v) is 28.7. The molecule has 0 aromatic heterocycles. The van der Waals surface area contributed by atoms with Crippen LogP contribution in [0.15, 0.2) is 12.2 Å². The van der Waals surface area contributed by atoms with Gasteiger partial charge in [-0.15, -0.1) is 0 Å². The predicted octanol–water partition coefficient (Wildman–Crippen LogP) is 8.89. The lowest BCUT2D eigenvalue weighted by Crippen LogP contribution is -2.29. The third-order valence-electron chi connectivity index (χ3n) is 7.96. The molecule has 1 aliphatic rings. The fourth-order valence-electron chi connectivity index (χ4n) is 5.20. The molecular weight excluding hydrogens is 583 g/mol. The number of phosphoric acid groups is 1. The molecule has 0 spiro atoms. The Kier molecular flexibility index (Phi) is 24.9. The van der Waals surface area contributed by atoms with E-state index in [1.807, 2.05) is 0 Å². The highest BCUT2D eigenvalue weighted by Crippen LogP contribution is 2.36. The second-order valence-corrected chi connectivity index (χ2v) is 13.5. The number of unbranched alkanes of at least 4 members (excludes halogenated alkanes) is 16. The molecule has 0 aromatic carbocycles. The van der Waals surface area contributed by atoms with Crippen molar-refractivity contribution in [2.24, 2.45) is 0 Å². The van der Waals surface area contributed by atoms with Crippen molar-refractivity contribution in [2.75, 3.05) is 13.2 Å². The Bertz CT molecular complexity index is 798. The van der Waals surface area contributed by atoms with Crippen molar-refractivity contribution in [3.63, 3.8) is 0 Å². The van der Waals surface area contributed by atoms with Crippen LogP contribution in [0.4, 0.5) is 0 Å². The summed E-state index contributed by atoms with van der Waals surface area (Å²) in [5.74, 6) is -0.907. The molecule has 2 N–H and O–H groups in total. The third kappa shape index (κ3) is 26.0. The zero-order chi connectivity index (χ0) is 32.3. The van der Waals surface area contributed by atoms with E-state index in [4.69, 9.17) is 24.0 Å². The predicted molar refractivity (Wildman–Crippen MR) is 174 cm³/mol. The van der Waals surface area contributed by atoms with Gasteiger partial charge in [0.2, 0.25) is 0 Å². The zero-order valence-electron chi connectivity index (χ0n) is 27.8. The maximum atomic E-state index is 12.3. The molecule has 0 aliphatic carbocycles. The summed E-state index contributed by atoms with van der Waals surface area (Å²) in [4.78, 5) is 42.6. The molecule has 44 heavy (non-hydrogen) atoms. The Morgan fingerprint density at radius 2 is 1.25 bits per heavy atom. The highest BCUT2D eigenvalue weighted by atomic mass is 31.2. The second kappa shape index (κ2) is 26.9. The molecular formula is C34H63O9P. The summed E-state index contributed by atoms with van der Waals surface area (Å²) in [7, 11) is -4.75. The molecule has 2 unspecified atom stereocenters. The van der Waals surface area contributed by atoms with Gasteiger partial charge in [0.1, 0.15) is 6.61 Å². The Morgan fingerprint density at radius 3 is 1.86 bits per heavy atom. The second-order valence-electron chi connectivity index (χ2n) is 12.2. The first-order valence-electron chi connectivity index (χ1n) is 17.6. The van der Waals surface area contributed by atoms with E-state index >= 15 is 0 Å². The van der Waals surface area contributed by atoms with Gasteiger partial charge in [0.25, 0.3) is 0 Å². The first kappa shape index (κ1) is 40.8. The van der Waals surface area contributed by atoms with E-state index in [0.717, 1.165) is 64.2 Å². The highest BCUT2D eigenvalue weighted by molar-refractivity contribution is 7.46. The van der Waals surface area contributed by atoms with E-state index in [1.165, 1.54) is 64.2 Å². The lowest BCUT2D eigenvalue weighted by atomic mass is 10.1. The van der Waals surface area contributed by atoms with E-state index in [9.17, 15) is 14.2 Å². The van der Waals surface area contributed by atoms with Crippen molar-refractivity contribution in [3.05, 3.63) is 12.2 Å². The minimum Gasteiger partial charge on any atom is -0.462 e. The molecule has 0 bridgehead atoms. The smallest absolute Gasteiger partial charge is 0.462 e. The molecule has 9 nitrogen and oxygen atoms in total. The number of ether oxygens (including phenoxy) is 3. The standard InChI is InChI=1S/C34H63O9P/c1-3-5-7-9-11-12-13-14-18-22-26-33(35)40-28-30(29-41-44(37,38)39)42-34(36)27-23-19-15-17-21-25-32-31(43-32)24-20-16-10-8-6-4-2/h16,20,30-32H,3-15,17-19,21-29H2,1-2H3,(H2,37,38,39)/b20-16-/t30-,31?,32?/m1/s1. The van der Waals surface area contributed by atoms with Crippen molar-refractivity contribution >= 4 is 19.8 Å². The number of esters is 2. The Morgan fingerprint density at radius 1 is 0.705 bits per heavy atom. The molecule has 10 heteroatoms. The van der Waals surface area contributed by atoms with Gasteiger partial charge in [0, 0.05) is 12.8 Å². The number of carbonyl (C=O) groups is 2. The first-order valence-corrected chi connectivity index (χ1v) is 19.1. The molecule has 1 aliphatic heterocycles. The number of allylic oxidation sites excluding steroid dienone is 1. The summed E-state index contributed by atoms with van der Waals surface area (Å²) >= 11 is 0. The van der Waals surface area contributed by atoms with Gasteiger partial charge < -0.3 is 24.0 Å². The van der Waals surface area contributed by atoms with Crippen LogP contribution < -0.4 is 0 Å². The van der Waals surface area contributed by atoms with Crippen molar-refractivity contribution < 1.29 is 42.7 Å². The molecule has 0 aromatic rings. The average molecular weight is 647 g/mol. The molecule has 3 atom stereocenters. The van der Waals surface area contributed by atoms with Crippen LogP contribution in [0.5, 0.6) is 0 Å². The van der Waals surface area contributed by atoms with Crippen LogP contribution in [0.1, 0.15) is 162 Å². The number of rotatable bonds is 31. The topological polar surface area (TPSA) is 132 Å². The molecule has 0 amide bonds.